The van der Waals surface area contributed by atoms with E-state index in [9.17, 15) is 9.59 Å². The van der Waals surface area contributed by atoms with E-state index in [0.717, 1.165) is 49.0 Å². The molecule has 0 aliphatic heterocycles. The second-order valence-electron chi connectivity index (χ2n) is 6.42. The van der Waals surface area contributed by atoms with Gasteiger partial charge in [-0.05, 0) is 49.9 Å². The average Bonchev–Trinajstić information content (AvgIpc) is 2.83. The van der Waals surface area contributed by atoms with E-state index in [2.05, 4.69) is 10.4 Å². The molecule has 0 radical (unpaired) electrons. The van der Waals surface area contributed by atoms with Gasteiger partial charge in [-0.3, -0.25) is 4.79 Å². The number of ether oxygens (including phenoxy) is 1. The lowest BCUT2D eigenvalue weighted by atomic mass is 10.1. The molecule has 1 aromatic carbocycles. The molecule has 0 unspecified atom stereocenters. The summed E-state index contributed by atoms with van der Waals surface area (Å²) in [6.45, 7) is -0.0106. The number of carboxylic acid groups (broad SMARTS) is 1. The van der Waals surface area contributed by atoms with Crippen molar-refractivity contribution in [1.29, 1.82) is 0 Å². The van der Waals surface area contributed by atoms with Crippen molar-refractivity contribution >= 4 is 23.5 Å². The summed E-state index contributed by atoms with van der Waals surface area (Å²) in [6, 6.07) is 7.40. The van der Waals surface area contributed by atoms with Gasteiger partial charge in [0.05, 0.1) is 12.3 Å². The molecule has 0 saturated carbocycles. The Morgan fingerprint density at radius 3 is 2.67 bits per heavy atom. The molecule has 2 aromatic rings. The average molecular weight is 392 g/mol. The number of hydrogen-bond acceptors (Lipinski definition) is 4. The molecular weight excluding hydrogens is 370 g/mol. The van der Waals surface area contributed by atoms with Crippen molar-refractivity contribution in [2.75, 3.05) is 19.8 Å². The molecule has 7 nitrogen and oxygen atoms in total. The smallest absolute Gasteiger partial charge is 0.329 e. The van der Waals surface area contributed by atoms with Crippen LogP contribution in [0.25, 0.3) is 5.69 Å². The van der Waals surface area contributed by atoms with E-state index in [1.165, 1.54) is 0 Å². The van der Waals surface area contributed by atoms with Crippen LogP contribution in [0.1, 0.15) is 41.0 Å². The second kappa shape index (κ2) is 9.01. The SMILES string of the molecule is O=C(O)COCCNC(=O)c1nn(-c2ccc(Cl)cc2)c2c1CCCCC2. The van der Waals surface area contributed by atoms with Crippen LogP contribution in [0, 0.1) is 0 Å². The third-order valence-corrected chi connectivity index (χ3v) is 4.73. The van der Waals surface area contributed by atoms with Crippen molar-refractivity contribution in [3.8, 4) is 5.69 Å². The van der Waals surface area contributed by atoms with E-state index >= 15 is 0 Å². The minimum absolute atomic E-state index is 0.137. The normalized spacial score (nSPS) is 13.7. The Labute approximate surface area is 162 Å². The van der Waals surface area contributed by atoms with Crippen LogP contribution < -0.4 is 5.32 Å². The summed E-state index contributed by atoms with van der Waals surface area (Å²) in [4.78, 5) is 23.1. The van der Waals surface area contributed by atoms with Gasteiger partial charge in [0, 0.05) is 22.8 Å². The Bertz CT molecular complexity index is 817. The van der Waals surface area contributed by atoms with Crippen LogP contribution in [0.2, 0.25) is 5.02 Å². The molecule has 0 bridgehead atoms. The molecule has 1 aliphatic carbocycles. The van der Waals surface area contributed by atoms with Gasteiger partial charge in [0.25, 0.3) is 5.91 Å². The highest BCUT2D eigenvalue weighted by Gasteiger charge is 2.24. The van der Waals surface area contributed by atoms with Gasteiger partial charge in [-0.2, -0.15) is 5.10 Å². The number of carboxylic acids is 1. The standard InChI is InChI=1S/C19H22ClN3O4/c20-13-6-8-14(9-7-13)23-16-5-3-1-2-4-15(16)18(22-23)19(26)21-10-11-27-12-17(24)25/h6-9H,1-5,10-12H2,(H,21,26)(H,24,25). The molecule has 0 atom stereocenters. The molecule has 0 fully saturated rings. The maximum Gasteiger partial charge on any atom is 0.329 e. The molecule has 1 amide bonds. The van der Waals surface area contributed by atoms with Crippen LogP contribution >= 0.6 is 11.6 Å². The second-order valence-corrected chi connectivity index (χ2v) is 6.86. The lowest BCUT2D eigenvalue weighted by molar-refractivity contribution is -0.142. The van der Waals surface area contributed by atoms with Crippen molar-refractivity contribution in [2.45, 2.75) is 32.1 Å². The molecular formula is C19H22ClN3O4. The number of carbonyl (C=O) groups is 2. The number of rotatable bonds is 7. The number of hydrogen-bond donors (Lipinski definition) is 2. The van der Waals surface area contributed by atoms with E-state index < -0.39 is 5.97 Å². The first kappa shape index (κ1) is 19.4. The highest BCUT2D eigenvalue weighted by molar-refractivity contribution is 6.30. The summed E-state index contributed by atoms with van der Waals surface area (Å²) in [6.07, 6.45) is 4.91. The number of aromatic nitrogens is 2. The molecule has 8 heteroatoms. The van der Waals surface area contributed by atoms with Crippen LogP contribution in [0.15, 0.2) is 24.3 Å². The number of benzene rings is 1. The van der Waals surface area contributed by atoms with Gasteiger partial charge in [-0.1, -0.05) is 18.0 Å². The molecule has 3 rings (SSSR count). The summed E-state index contributed by atoms with van der Waals surface area (Å²) in [5.74, 6) is -1.30. The number of fused-ring (bicyclic) bond motifs is 1. The van der Waals surface area contributed by atoms with Crippen molar-refractivity contribution in [3.05, 3.63) is 46.2 Å². The first-order valence-corrected chi connectivity index (χ1v) is 9.38. The highest BCUT2D eigenvalue weighted by atomic mass is 35.5. The number of amides is 1. The topological polar surface area (TPSA) is 93.4 Å². The molecule has 0 saturated heterocycles. The van der Waals surface area contributed by atoms with Crippen LogP contribution in [0.3, 0.4) is 0 Å². The molecule has 27 heavy (non-hydrogen) atoms. The summed E-state index contributed by atoms with van der Waals surface area (Å²) < 4.78 is 6.79. The monoisotopic (exact) mass is 391 g/mol. The van der Waals surface area contributed by atoms with Gasteiger partial charge in [0.15, 0.2) is 5.69 Å². The zero-order valence-corrected chi connectivity index (χ0v) is 15.7. The van der Waals surface area contributed by atoms with E-state index in [0.29, 0.717) is 10.7 Å². The Balaban J connectivity index is 1.79. The van der Waals surface area contributed by atoms with Gasteiger partial charge in [-0.15, -0.1) is 0 Å². The van der Waals surface area contributed by atoms with Crippen molar-refractivity contribution in [2.24, 2.45) is 0 Å². The summed E-state index contributed by atoms with van der Waals surface area (Å²) >= 11 is 5.98. The van der Waals surface area contributed by atoms with Crippen molar-refractivity contribution in [1.82, 2.24) is 15.1 Å². The maximum atomic E-state index is 12.6. The molecule has 2 N–H and O–H groups in total. The van der Waals surface area contributed by atoms with Crippen LogP contribution in [0.4, 0.5) is 0 Å². The van der Waals surface area contributed by atoms with Crippen molar-refractivity contribution < 1.29 is 19.4 Å². The van der Waals surface area contributed by atoms with Gasteiger partial charge in [0.2, 0.25) is 0 Å². The summed E-state index contributed by atoms with van der Waals surface area (Å²) in [5.41, 5.74) is 3.37. The minimum Gasteiger partial charge on any atom is -0.480 e. The molecule has 1 aliphatic rings. The largest absolute Gasteiger partial charge is 0.480 e. The number of aliphatic carboxylic acids is 1. The number of halogens is 1. The van der Waals surface area contributed by atoms with E-state index in [4.69, 9.17) is 21.4 Å². The third kappa shape index (κ3) is 4.87. The van der Waals surface area contributed by atoms with E-state index in [-0.39, 0.29) is 25.7 Å². The predicted molar refractivity (Wildman–Crippen MR) is 101 cm³/mol. The van der Waals surface area contributed by atoms with Gasteiger partial charge >= 0.3 is 5.97 Å². The number of nitrogens with one attached hydrogen (secondary N) is 1. The maximum absolute atomic E-state index is 12.6. The molecule has 0 spiro atoms. The predicted octanol–water partition coefficient (Wildman–Crippen LogP) is 2.63. The molecule has 1 aromatic heterocycles. The Morgan fingerprint density at radius 1 is 1.19 bits per heavy atom. The van der Waals surface area contributed by atoms with Gasteiger partial charge in [-0.25, -0.2) is 9.48 Å². The Kier molecular flexibility index (Phi) is 6.47. The zero-order valence-electron chi connectivity index (χ0n) is 14.9. The summed E-state index contributed by atoms with van der Waals surface area (Å²) in [5, 5.41) is 16.6. The van der Waals surface area contributed by atoms with Gasteiger partial charge < -0.3 is 15.2 Å². The fraction of sp³-hybridized carbons (Fsp3) is 0.421. The van der Waals surface area contributed by atoms with E-state index in [1.807, 2.05) is 16.8 Å². The lowest BCUT2D eigenvalue weighted by Gasteiger charge is -2.07. The summed E-state index contributed by atoms with van der Waals surface area (Å²) in [7, 11) is 0. The molecule has 144 valence electrons. The van der Waals surface area contributed by atoms with Crippen LogP contribution in [-0.4, -0.2) is 46.5 Å². The quantitative estimate of drug-likeness (QED) is 0.559. The fourth-order valence-corrected chi connectivity index (χ4v) is 3.36. The van der Waals surface area contributed by atoms with Crippen LogP contribution in [-0.2, 0) is 22.4 Å². The first-order valence-electron chi connectivity index (χ1n) is 9.00. The van der Waals surface area contributed by atoms with Crippen molar-refractivity contribution in [3.63, 3.8) is 0 Å². The first-order chi connectivity index (χ1) is 13.1. The zero-order chi connectivity index (χ0) is 19.2. The Hall–Kier alpha value is -2.38. The van der Waals surface area contributed by atoms with Gasteiger partial charge in [0.1, 0.15) is 6.61 Å². The highest BCUT2D eigenvalue weighted by Crippen LogP contribution is 2.27. The number of nitrogens with zero attached hydrogens (tertiary/aromatic N) is 2. The minimum atomic E-state index is -1.03. The Morgan fingerprint density at radius 2 is 1.93 bits per heavy atom. The molecule has 1 heterocycles. The fourth-order valence-electron chi connectivity index (χ4n) is 3.23. The third-order valence-electron chi connectivity index (χ3n) is 4.47. The number of carbonyl (C=O) groups excluding carboxylic acids is 1. The van der Waals surface area contributed by atoms with E-state index in [1.54, 1.807) is 12.1 Å². The lowest BCUT2D eigenvalue weighted by Crippen LogP contribution is -2.29. The van der Waals surface area contributed by atoms with Crippen LogP contribution in [0.5, 0.6) is 0 Å².